The second-order valence-corrected chi connectivity index (χ2v) is 8.33. The van der Waals surface area contributed by atoms with Crippen molar-refractivity contribution in [2.45, 2.75) is 62.4 Å². The molecule has 1 N–H and O–H groups in total. The molecule has 2 atom stereocenters. The second kappa shape index (κ2) is 3.24. The highest BCUT2D eigenvalue weighted by Gasteiger charge is 2.60. The van der Waals surface area contributed by atoms with Gasteiger partial charge in [-0.1, -0.05) is 0 Å². The molecule has 2 unspecified atom stereocenters. The largest absolute Gasteiger partial charge is 0.272 e. The van der Waals surface area contributed by atoms with Crippen LogP contribution in [0.4, 0.5) is 0 Å². The molecule has 0 spiro atoms. The molecule has 4 aliphatic carbocycles. The highest BCUT2D eigenvalue weighted by molar-refractivity contribution is 6.24. The molecule has 4 bridgehead atoms. The normalized spacial score (nSPS) is 52.6. The molecular weight excluding hydrogens is 248 g/mol. The van der Waals surface area contributed by atoms with Crippen molar-refractivity contribution in [2.75, 3.05) is 0 Å². The van der Waals surface area contributed by atoms with Gasteiger partial charge >= 0.3 is 0 Å². The molecular formula is C14H21ClN2O. The third-order valence-corrected chi connectivity index (χ3v) is 6.06. The summed E-state index contributed by atoms with van der Waals surface area (Å²) in [4.78, 5) is 12.3. The Morgan fingerprint density at radius 2 is 1.83 bits per heavy atom. The predicted octanol–water partition coefficient (Wildman–Crippen LogP) is 2.30. The van der Waals surface area contributed by atoms with Crippen molar-refractivity contribution < 1.29 is 4.79 Å². The van der Waals surface area contributed by atoms with Crippen LogP contribution in [0.2, 0.25) is 0 Å². The average molecular weight is 269 g/mol. The summed E-state index contributed by atoms with van der Waals surface area (Å²) in [6.07, 6.45) is 5.99. The molecule has 4 saturated carbocycles. The van der Waals surface area contributed by atoms with Crippen LogP contribution in [0.5, 0.6) is 0 Å². The Kier molecular flexibility index (Phi) is 2.08. The molecule has 0 aromatic carbocycles. The fourth-order valence-corrected chi connectivity index (χ4v) is 5.79. The number of carbonyl (C=O) groups excluding carboxylic acids is 1. The molecule has 5 aliphatic rings. The third-order valence-electron chi connectivity index (χ3n) is 5.60. The van der Waals surface area contributed by atoms with Gasteiger partial charge in [0, 0.05) is 4.87 Å². The van der Waals surface area contributed by atoms with Crippen LogP contribution in [0.1, 0.15) is 46.0 Å². The van der Waals surface area contributed by atoms with Crippen LogP contribution in [0.3, 0.4) is 0 Å². The highest BCUT2D eigenvalue weighted by Crippen LogP contribution is 2.59. The Labute approximate surface area is 113 Å². The van der Waals surface area contributed by atoms with E-state index in [4.69, 9.17) is 11.6 Å². The van der Waals surface area contributed by atoms with E-state index in [0.29, 0.717) is 17.9 Å². The lowest BCUT2D eigenvalue weighted by molar-refractivity contribution is -0.182. The van der Waals surface area contributed by atoms with Crippen LogP contribution in [-0.4, -0.2) is 27.4 Å². The molecule has 0 radical (unpaired) electrons. The van der Waals surface area contributed by atoms with Crippen LogP contribution in [0.15, 0.2) is 0 Å². The lowest BCUT2D eigenvalue weighted by atomic mass is 9.53. The summed E-state index contributed by atoms with van der Waals surface area (Å²) in [5.41, 5.74) is 3.00. The molecule has 1 amide bonds. The van der Waals surface area contributed by atoms with Gasteiger partial charge in [0.25, 0.3) is 5.91 Å². The first-order valence-electron chi connectivity index (χ1n) is 7.18. The van der Waals surface area contributed by atoms with Crippen molar-refractivity contribution in [2.24, 2.45) is 17.8 Å². The molecule has 100 valence electrons. The predicted molar refractivity (Wildman–Crippen MR) is 70.0 cm³/mol. The van der Waals surface area contributed by atoms with E-state index < -0.39 is 0 Å². The quantitative estimate of drug-likeness (QED) is 0.740. The lowest BCUT2D eigenvalue weighted by Gasteiger charge is -2.63. The summed E-state index contributed by atoms with van der Waals surface area (Å²) in [6.45, 7) is 3.93. The minimum atomic E-state index is -0.354. The molecule has 1 saturated heterocycles. The average Bonchev–Trinajstić information content (AvgIpc) is 2.24. The summed E-state index contributed by atoms with van der Waals surface area (Å²) >= 11 is 6.73. The Balaban J connectivity index is 1.60. The van der Waals surface area contributed by atoms with E-state index in [1.165, 1.54) is 19.3 Å². The molecule has 18 heavy (non-hydrogen) atoms. The van der Waals surface area contributed by atoms with E-state index in [1.807, 2.05) is 18.9 Å². The number of amides is 1. The number of carbonyl (C=O) groups is 1. The van der Waals surface area contributed by atoms with Crippen molar-refractivity contribution in [3.63, 3.8) is 0 Å². The zero-order valence-corrected chi connectivity index (χ0v) is 11.8. The molecule has 1 heterocycles. The minimum absolute atomic E-state index is 0.0659. The van der Waals surface area contributed by atoms with Crippen LogP contribution < -0.4 is 5.43 Å². The van der Waals surface area contributed by atoms with Gasteiger partial charge in [0.15, 0.2) is 0 Å². The van der Waals surface area contributed by atoms with Gasteiger partial charge in [0.05, 0.1) is 6.04 Å². The number of nitrogens with one attached hydrogen (secondary N) is 1. The SMILES string of the molecule is CC1(C)NN(C2C3CC4CC2CC(Cl)(C4)C3)C1=O. The molecule has 0 aromatic heterocycles. The maximum absolute atomic E-state index is 12.2. The van der Waals surface area contributed by atoms with Gasteiger partial charge in [0.2, 0.25) is 0 Å². The van der Waals surface area contributed by atoms with Gasteiger partial charge < -0.3 is 0 Å². The molecule has 1 aliphatic heterocycles. The summed E-state index contributed by atoms with van der Waals surface area (Å²) in [5.74, 6) is 2.34. The smallest absolute Gasteiger partial charge is 0.258 e. The van der Waals surface area contributed by atoms with Gasteiger partial charge in [-0.05, 0) is 63.7 Å². The maximum Gasteiger partial charge on any atom is 0.258 e. The molecule has 5 fully saturated rings. The van der Waals surface area contributed by atoms with Crippen molar-refractivity contribution >= 4 is 17.5 Å². The molecule has 4 heteroatoms. The van der Waals surface area contributed by atoms with E-state index in [9.17, 15) is 4.79 Å². The fraction of sp³-hybridized carbons (Fsp3) is 0.929. The summed E-state index contributed by atoms with van der Waals surface area (Å²) in [7, 11) is 0. The number of hydrazine groups is 1. The minimum Gasteiger partial charge on any atom is -0.272 e. The first kappa shape index (κ1) is 11.5. The van der Waals surface area contributed by atoms with Crippen LogP contribution in [0, 0.1) is 17.8 Å². The Bertz CT molecular complexity index is 406. The Hall–Kier alpha value is -0.280. The number of nitrogens with zero attached hydrogens (tertiary/aromatic N) is 1. The van der Waals surface area contributed by atoms with E-state index in [1.54, 1.807) is 0 Å². The maximum atomic E-state index is 12.2. The summed E-state index contributed by atoms with van der Waals surface area (Å²) in [5, 5.41) is 1.94. The van der Waals surface area contributed by atoms with Crippen LogP contribution in [0.25, 0.3) is 0 Å². The topological polar surface area (TPSA) is 32.3 Å². The first-order valence-corrected chi connectivity index (χ1v) is 7.56. The van der Waals surface area contributed by atoms with Crippen molar-refractivity contribution in [1.82, 2.24) is 10.4 Å². The van der Waals surface area contributed by atoms with Gasteiger partial charge in [-0.25, -0.2) is 5.43 Å². The molecule has 3 nitrogen and oxygen atoms in total. The standard InChI is InChI=1S/C14H21ClN2O/c1-13(2)12(18)17(16-13)11-9-3-8-4-10(11)7-14(15,5-8)6-9/h8-11,16H,3-7H2,1-2H3. The van der Waals surface area contributed by atoms with Gasteiger partial charge in [0.1, 0.15) is 5.54 Å². The zero-order valence-electron chi connectivity index (χ0n) is 11.1. The number of rotatable bonds is 1. The number of hydrogen-bond donors (Lipinski definition) is 1. The van der Waals surface area contributed by atoms with Crippen molar-refractivity contribution in [3.05, 3.63) is 0 Å². The monoisotopic (exact) mass is 268 g/mol. The second-order valence-electron chi connectivity index (χ2n) is 7.52. The van der Waals surface area contributed by atoms with Crippen molar-refractivity contribution in [3.8, 4) is 0 Å². The van der Waals surface area contributed by atoms with Crippen LogP contribution in [-0.2, 0) is 4.79 Å². The van der Waals surface area contributed by atoms with E-state index >= 15 is 0 Å². The van der Waals surface area contributed by atoms with Crippen molar-refractivity contribution in [1.29, 1.82) is 0 Å². The Morgan fingerprint density at radius 1 is 1.22 bits per heavy atom. The molecule has 5 rings (SSSR count). The highest BCUT2D eigenvalue weighted by atomic mass is 35.5. The summed E-state index contributed by atoms with van der Waals surface area (Å²) < 4.78 is 0. The Morgan fingerprint density at radius 3 is 2.28 bits per heavy atom. The number of hydrogen-bond acceptors (Lipinski definition) is 2. The van der Waals surface area contributed by atoms with E-state index in [2.05, 4.69) is 5.43 Å². The first-order chi connectivity index (χ1) is 8.38. The lowest BCUT2D eigenvalue weighted by Crippen LogP contribution is -2.79. The van der Waals surface area contributed by atoms with Gasteiger partial charge in [-0.3, -0.25) is 9.80 Å². The van der Waals surface area contributed by atoms with E-state index in [0.717, 1.165) is 18.8 Å². The van der Waals surface area contributed by atoms with E-state index in [-0.39, 0.29) is 16.3 Å². The molecule has 0 aromatic rings. The zero-order chi connectivity index (χ0) is 12.7. The third kappa shape index (κ3) is 1.38. The van der Waals surface area contributed by atoms with Crippen LogP contribution >= 0.6 is 11.6 Å². The summed E-state index contributed by atoms with van der Waals surface area (Å²) in [6, 6.07) is 0.411. The van der Waals surface area contributed by atoms with Gasteiger partial charge in [-0.15, -0.1) is 11.6 Å². The number of halogens is 1. The van der Waals surface area contributed by atoms with Gasteiger partial charge in [-0.2, -0.15) is 0 Å². The number of alkyl halides is 1. The fourth-order valence-electron chi connectivity index (χ4n) is 5.18.